The summed E-state index contributed by atoms with van der Waals surface area (Å²) in [5.74, 6) is 0.499. The molecule has 0 saturated carbocycles. The Bertz CT molecular complexity index is 1060. The van der Waals surface area contributed by atoms with E-state index in [1.54, 1.807) is 6.21 Å². The molecule has 1 unspecified atom stereocenters. The van der Waals surface area contributed by atoms with Crippen LogP contribution in [0.4, 0.5) is 5.69 Å². The number of H-pyrrole nitrogens is 1. The van der Waals surface area contributed by atoms with E-state index in [0.29, 0.717) is 11.5 Å². The summed E-state index contributed by atoms with van der Waals surface area (Å²) in [6.07, 6.45) is 5.06. The van der Waals surface area contributed by atoms with Crippen molar-refractivity contribution in [3.8, 4) is 0 Å². The highest BCUT2D eigenvalue weighted by Crippen LogP contribution is 2.32. The molecule has 0 fully saturated rings. The van der Waals surface area contributed by atoms with E-state index in [1.807, 2.05) is 30.3 Å². The van der Waals surface area contributed by atoms with Gasteiger partial charge in [-0.15, -0.1) is 0 Å². The minimum Gasteiger partial charge on any atom is -0.372 e. The first-order valence-electron chi connectivity index (χ1n) is 10.9. The molecule has 3 aromatic rings. The molecule has 0 saturated heterocycles. The molecule has 2 aromatic carbocycles. The van der Waals surface area contributed by atoms with Gasteiger partial charge < -0.3 is 9.88 Å². The first kappa shape index (κ1) is 20.2. The summed E-state index contributed by atoms with van der Waals surface area (Å²) < 4.78 is 0. The maximum Gasteiger partial charge on any atom is 0.271 e. The molecule has 5 heteroatoms. The molecule has 4 rings (SSSR count). The number of amides is 1. The number of aromatic amines is 1. The van der Waals surface area contributed by atoms with Crippen LogP contribution in [0.5, 0.6) is 0 Å². The Labute approximate surface area is 178 Å². The lowest BCUT2D eigenvalue weighted by atomic mass is 9.87. The SMILES string of the molecule is CCN(CC)c1ccc(/C=N\NC(=O)c2ccc3[nH]c4c(c3c2)CC(C)CC4)cc1. The highest BCUT2D eigenvalue weighted by Gasteiger charge is 2.20. The van der Waals surface area contributed by atoms with Gasteiger partial charge in [-0.25, -0.2) is 5.43 Å². The molecule has 5 nitrogen and oxygen atoms in total. The van der Waals surface area contributed by atoms with Gasteiger partial charge in [0.1, 0.15) is 0 Å². The lowest BCUT2D eigenvalue weighted by Gasteiger charge is -2.20. The highest BCUT2D eigenvalue weighted by atomic mass is 16.2. The third-order valence-electron chi connectivity index (χ3n) is 6.10. The van der Waals surface area contributed by atoms with Crippen LogP contribution >= 0.6 is 0 Å². The van der Waals surface area contributed by atoms with E-state index in [4.69, 9.17) is 0 Å². The topological polar surface area (TPSA) is 60.5 Å². The second-order valence-electron chi connectivity index (χ2n) is 8.15. The number of hydrogen-bond donors (Lipinski definition) is 2. The highest BCUT2D eigenvalue weighted by molar-refractivity contribution is 5.99. The molecule has 2 N–H and O–H groups in total. The van der Waals surface area contributed by atoms with E-state index >= 15 is 0 Å². The summed E-state index contributed by atoms with van der Waals surface area (Å²) in [6, 6.07) is 14.1. The Balaban J connectivity index is 1.45. The summed E-state index contributed by atoms with van der Waals surface area (Å²) in [5.41, 5.74) is 9.26. The maximum absolute atomic E-state index is 12.6. The van der Waals surface area contributed by atoms with Crippen LogP contribution in [-0.2, 0) is 12.8 Å². The van der Waals surface area contributed by atoms with Gasteiger partial charge in [0.05, 0.1) is 6.21 Å². The van der Waals surface area contributed by atoms with Crippen LogP contribution in [0, 0.1) is 5.92 Å². The Morgan fingerprint density at radius 3 is 2.70 bits per heavy atom. The molecule has 0 bridgehead atoms. The van der Waals surface area contributed by atoms with Crippen molar-refractivity contribution >= 4 is 28.7 Å². The third kappa shape index (κ3) is 4.11. The molecule has 0 radical (unpaired) electrons. The first-order chi connectivity index (χ1) is 14.6. The van der Waals surface area contributed by atoms with E-state index in [9.17, 15) is 4.79 Å². The van der Waals surface area contributed by atoms with Crippen molar-refractivity contribution in [1.29, 1.82) is 0 Å². The molecule has 0 aliphatic heterocycles. The van der Waals surface area contributed by atoms with Crippen molar-refractivity contribution in [1.82, 2.24) is 10.4 Å². The number of carbonyl (C=O) groups is 1. The number of nitrogens with zero attached hydrogens (tertiary/aromatic N) is 2. The number of benzene rings is 2. The number of aryl methyl sites for hydroxylation is 1. The van der Waals surface area contributed by atoms with Crippen LogP contribution in [0.2, 0.25) is 0 Å². The molecule has 1 atom stereocenters. The monoisotopic (exact) mass is 402 g/mol. The van der Waals surface area contributed by atoms with Gasteiger partial charge in [-0.05, 0) is 80.5 Å². The number of anilines is 1. The van der Waals surface area contributed by atoms with Crippen LogP contribution in [-0.4, -0.2) is 30.2 Å². The summed E-state index contributed by atoms with van der Waals surface area (Å²) in [5, 5.41) is 5.32. The van der Waals surface area contributed by atoms with Crippen LogP contribution in [0.15, 0.2) is 47.6 Å². The molecule has 1 aliphatic carbocycles. The fourth-order valence-corrected chi connectivity index (χ4v) is 4.32. The zero-order valence-electron chi connectivity index (χ0n) is 18.0. The molecule has 1 amide bonds. The number of hydrogen-bond acceptors (Lipinski definition) is 3. The molecular formula is C25H30N4O. The lowest BCUT2D eigenvalue weighted by Crippen LogP contribution is -2.21. The van der Waals surface area contributed by atoms with Crippen LogP contribution in [0.25, 0.3) is 10.9 Å². The largest absolute Gasteiger partial charge is 0.372 e. The molecular weight excluding hydrogens is 372 g/mol. The smallest absolute Gasteiger partial charge is 0.271 e. The Morgan fingerprint density at radius 1 is 1.20 bits per heavy atom. The van der Waals surface area contributed by atoms with Gasteiger partial charge in [-0.3, -0.25) is 4.79 Å². The molecule has 30 heavy (non-hydrogen) atoms. The fraction of sp³-hybridized carbons (Fsp3) is 0.360. The van der Waals surface area contributed by atoms with Crippen molar-refractivity contribution in [2.24, 2.45) is 11.0 Å². The van der Waals surface area contributed by atoms with Gasteiger partial charge in [0.25, 0.3) is 5.91 Å². The van der Waals surface area contributed by atoms with Gasteiger partial charge in [0, 0.05) is 40.9 Å². The average Bonchev–Trinajstić information content (AvgIpc) is 3.12. The van der Waals surface area contributed by atoms with Crippen LogP contribution in [0.3, 0.4) is 0 Å². The predicted octanol–water partition coefficient (Wildman–Crippen LogP) is 4.90. The van der Waals surface area contributed by atoms with Crippen molar-refractivity contribution < 1.29 is 4.79 Å². The average molecular weight is 403 g/mol. The Hall–Kier alpha value is -3.08. The number of hydrazone groups is 1. The number of carbonyl (C=O) groups excluding carboxylic acids is 1. The van der Waals surface area contributed by atoms with Gasteiger partial charge in [0.2, 0.25) is 0 Å². The minimum absolute atomic E-state index is 0.188. The standard InChI is InChI=1S/C25H30N4O/c1-4-29(5-2)20-10-7-18(8-11-20)16-26-28-25(30)19-9-13-24-22(15-19)21-14-17(3)6-12-23(21)27-24/h7-11,13,15-17,27H,4-6,12,14H2,1-3H3,(H,28,30)/b26-16-. The second kappa shape index (κ2) is 8.74. The van der Waals surface area contributed by atoms with Crippen molar-refractivity contribution in [3.63, 3.8) is 0 Å². The summed E-state index contributed by atoms with van der Waals surface area (Å²) in [6.45, 7) is 8.55. The van der Waals surface area contributed by atoms with E-state index in [1.165, 1.54) is 28.8 Å². The van der Waals surface area contributed by atoms with Crippen molar-refractivity contribution in [2.45, 2.75) is 40.0 Å². The number of aromatic nitrogens is 1. The fourth-order valence-electron chi connectivity index (χ4n) is 4.32. The predicted molar refractivity (Wildman–Crippen MR) is 125 cm³/mol. The molecule has 156 valence electrons. The maximum atomic E-state index is 12.6. The van der Waals surface area contributed by atoms with E-state index in [0.717, 1.165) is 37.0 Å². The quantitative estimate of drug-likeness (QED) is 0.455. The van der Waals surface area contributed by atoms with Crippen LogP contribution in [0.1, 0.15) is 54.4 Å². The zero-order chi connectivity index (χ0) is 21.1. The van der Waals surface area contributed by atoms with Gasteiger partial charge in [-0.2, -0.15) is 5.10 Å². The normalized spacial score (nSPS) is 16.0. The summed E-state index contributed by atoms with van der Waals surface area (Å²) in [4.78, 5) is 18.4. The van der Waals surface area contributed by atoms with E-state index in [-0.39, 0.29) is 5.91 Å². The Kier molecular flexibility index (Phi) is 5.88. The zero-order valence-corrected chi connectivity index (χ0v) is 18.0. The first-order valence-corrected chi connectivity index (χ1v) is 10.9. The summed E-state index contributed by atoms with van der Waals surface area (Å²) in [7, 11) is 0. The molecule has 1 aromatic heterocycles. The van der Waals surface area contributed by atoms with Crippen LogP contribution < -0.4 is 10.3 Å². The summed E-state index contributed by atoms with van der Waals surface area (Å²) >= 11 is 0. The number of nitrogens with one attached hydrogen (secondary N) is 2. The van der Waals surface area contributed by atoms with Crippen molar-refractivity contribution in [2.75, 3.05) is 18.0 Å². The molecule has 0 spiro atoms. The minimum atomic E-state index is -0.188. The van der Waals surface area contributed by atoms with Crippen molar-refractivity contribution in [3.05, 3.63) is 64.8 Å². The van der Waals surface area contributed by atoms with Gasteiger partial charge in [-0.1, -0.05) is 19.1 Å². The number of fused-ring (bicyclic) bond motifs is 3. The van der Waals surface area contributed by atoms with E-state index in [2.05, 4.69) is 53.3 Å². The number of rotatable bonds is 6. The molecule has 1 aliphatic rings. The second-order valence-corrected chi connectivity index (χ2v) is 8.15. The third-order valence-corrected chi connectivity index (χ3v) is 6.10. The van der Waals surface area contributed by atoms with Gasteiger partial charge >= 0.3 is 0 Å². The van der Waals surface area contributed by atoms with E-state index < -0.39 is 0 Å². The molecule has 1 heterocycles. The van der Waals surface area contributed by atoms with Gasteiger partial charge in [0.15, 0.2) is 0 Å². The lowest BCUT2D eigenvalue weighted by molar-refractivity contribution is 0.0955. The Morgan fingerprint density at radius 2 is 1.97 bits per heavy atom.